The van der Waals surface area contributed by atoms with E-state index in [1.165, 1.54) is 19.2 Å². The van der Waals surface area contributed by atoms with Crippen molar-refractivity contribution < 1.29 is 17.9 Å². The van der Waals surface area contributed by atoms with Gasteiger partial charge in [-0.15, -0.1) is 0 Å². The third-order valence-corrected chi connectivity index (χ3v) is 4.24. The van der Waals surface area contributed by atoms with Crippen molar-refractivity contribution in [1.29, 1.82) is 0 Å². The molecule has 0 spiro atoms. The Labute approximate surface area is 117 Å². The molecule has 0 aliphatic carbocycles. The van der Waals surface area contributed by atoms with Gasteiger partial charge in [-0.1, -0.05) is 0 Å². The number of aliphatic hydroxyl groups is 1. The topological polar surface area (TPSA) is 97.4 Å². The fourth-order valence-corrected chi connectivity index (χ4v) is 2.98. The second kappa shape index (κ2) is 5.29. The maximum atomic E-state index is 12.2. The molecule has 110 valence electrons. The molecule has 0 bridgehead atoms. The number of aliphatic hydroxyl groups excluding tert-OH is 1. The summed E-state index contributed by atoms with van der Waals surface area (Å²) in [7, 11) is -3.75. The molecule has 0 radical (unpaired) electrons. The molecule has 7 nitrogen and oxygen atoms in total. The van der Waals surface area contributed by atoms with Crippen LogP contribution in [0.4, 0.5) is 5.69 Å². The second-order valence-electron chi connectivity index (χ2n) is 4.70. The Bertz CT molecular complexity index is 700. The normalized spacial score (nSPS) is 12.1. The predicted octanol–water partition coefficient (Wildman–Crippen LogP) is 1.66. The van der Waals surface area contributed by atoms with Gasteiger partial charge in [-0.05, 0) is 20.8 Å². The van der Waals surface area contributed by atoms with Crippen LogP contribution in [-0.2, 0) is 16.6 Å². The average molecular weight is 299 g/mol. The van der Waals surface area contributed by atoms with Gasteiger partial charge < -0.3 is 9.52 Å². The number of nitrogens with one attached hydrogen (secondary N) is 1. The number of aromatic nitrogens is 2. The number of rotatable bonds is 5. The molecule has 0 saturated carbocycles. The molecule has 2 aromatic heterocycles. The van der Waals surface area contributed by atoms with Gasteiger partial charge in [0.15, 0.2) is 0 Å². The Morgan fingerprint density at radius 1 is 1.50 bits per heavy atom. The van der Waals surface area contributed by atoms with Gasteiger partial charge in [0, 0.05) is 18.3 Å². The van der Waals surface area contributed by atoms with E-state index in [0.29, 0.717) is 5.69 Å². The zero-order valence-electron chi connectivity index (χ0n) is 11.5. The molecule has 2 heterocycles. The van der Waals surface area contributed by atoms with E-state index >= 15 is 0 Å². The summed E-state index contributed by atoms with van der Waals surface area (Å²) in [6.45, 7) is 5.07. The van der Waals surface area contributed by atoms with Gasteiger partial charge in [0.1, 0.15) is 23.0 Å². The molecular weight excluding hydrogens is 282 g/mol. The fraction of sp³-hybridized carbons (Fsp3) is 0.417. The van der Waals surface area contributed by atoms with E-state index in [0.717, 1.165) is 0 Å². The van der Waals surface area contributed by atoms with Crippen LogP contribution in [-0.4, -0.2) is 23.3 Å². The van der Waals surface area contributed by atoms with Crippen molar-refractivity contribution in [3.8, 4) is 0 Å². The van der Waals surface area contributed by atoms with E-state index in [2.05, 4.69) is 9.82 Å². The molecule has 8 heteroatoms. The summed E-state index contributed by atoms with van der Waals surface area (Å²) in [6.07, 6.45) is 3.06. The van der Waals surface area contributed by atoms with E-state index in [4.69, 9.17) is 9.52 Å². The van der Waals surface area contributed by atoms with Crippen LogP contribution in [0.5, 0.6) is 0 Å². The molecule has 2 aromatic rings. The highest BCUT2D eigenvalue weighted by molar-refractivity contribution is 7.92. The summed E-state index contributed by atoms with van der Waals surface area (Å²) in [4.78, 5) is 0.0128. The van der Waals surface area contributed by atoms with Gasteiger partial charge in [-0.25, -0.2) is 8.42 Å². The van der Waals surface area contributed by atoms with E-state index in [-0.39, 0.29) is 29.1 Å². The van der Waals surface area contributed by atoms with Gasteiger partial charge in [0.25, 0.3) is 10.0 Å². The maximum absolute atomic E-state index is 12.2. The van der Waals surface area contributed by atoms with E-state index in [1.807, 2.05) is 13.8 Å². The average Bonchev–Trinajstić information content (AvgIpc) is 2.95. The highest BCUT2D eigenvalue weighted by Crippen LogP contribution is 2.23. The van der Waals surface area contributed by atoms with Crippen molar-refractivity contribution in [1.82, 2.24) is 9.78 Å². The standard InChI is InChI=1S/C12H17N3O4S/c1-8(2)15-6-10(5-13-15)14-20(17,18)12-4-11(7-16)19-9(12)3/h4-6,8,14,16H,7H2,1-3H3. The number of aryl methyl sites for hydroxylation is 1. The Morgan fingerprint density at radius 3 is 2.70 bits per heavy atom. The second-order valence-corrected chi connectivity index (χ2v) is 6.35. The SMILES string of the molecule is Cc1oc(CO)cc1S(=O)(=O)Nc1cnn(C(C)C)c1. The lowest BCUT2D eigenvalue weighted by molar-refractivity contribution is 0.245. The molecule has 0 aliphatic heterocycles. The van der Waals surface area contributed by atoms with Gasteiger partial charge in [-0.2, -0.15) is 5.10 Å². The molecule has 0 aromatic carbocycles. The molecular formula is C12H17N3O4S. The third-order valence-electron chi connectivity index (χ3n) is 2.75. The predicted molar refractivity (Wildman–Crippen MR) is 72.8 cm³/mol. The van der Waals surface area contributed by atoms with Crippen LogP contribution in [0.1, 0.15) is 31.4 Å². The van der Waals surface area contributed by atoms with Crippen LogP contribution in [0.25, 0.3) is 0 Å². The molecule has 0 unspecified atom stereocenters. The molecule has 0 aliphatic rings. The first-order chi connectivity index (χ1) is 9.33. The number of hydrogen-bond acceptors (Lipinski definition) is 5. The van der Waals surface area contributed by atoms with Crippen molar-refractivity contribution >= 4 is 15.7 Å². The first kappa shape index (κ1) is 14.6. The summed E-state index contributed by atoms with van der Waals surface area (Å²) >= 11 is 0. The highest BCUT2D eigenvalue weighted by atomic mass is 32.2. The van der Waals surface area contributed by atoms with Crippen LogP contribution in [0.15, 0.2) is 27.8 Å². The Balaban J connectivity index is 2.28. The Kier molecular flexibility index (Phi) is 3.87. The van der Waals surface area contributed by atoms with Crippen LogP contribution in [0.2, 0.25) is 0 Å². The molecule has 2 N–H and O–H groups in total. The monoisotopic (exact) mass is 299 g/mol. The fourth-order valence-electron chi connectivity index (χ4n) is 1.75. The van der Waals surface area contributed by atoms with Crippen molar-refractivity contribution in [2.45, 2.75) is 38.3 Å². The van der Waals surface area contributed by atoms with Crippen LogP contribution < -0.4 is 4.72 Å². The summed E-state index contributed by atoms with van der Waals surface area (Å²) in [5.74, 6) is 0.443. The molecule has 0 saturated heterocycles. The summed E-state index contributed by atoms with van der Waals surface area (Å²) < 4.78 is 33.7. The number of sulfonamides is 1. The van der Waals surface area contributed by atoms with E-state index in [9.17, 15) is 8.42 Å². The van der Waals surface area contributed by atoms with Gasteiger partial charge in [0.2, 0.25) is 0 Å². The minimum absolute atomic E-state index is 0.0128. The summed E-state index contributed by atoms with van der Waals surface area (Å²) in [6, 6.07) is 1.45. The summed E-state index contributed by atoms with van der Waals surface area (Å²) in [5, 5.41) is 13.0. The quantitative estimate of drug-likeness (QED) is 0.875. The minimum atomic E-state index is -3.75. The molecule has 0 fully saturated rings. The molecule has 0 amide bonds. The molecule has 20 heavy (non-hydrogen) atoms. The minimum Gasteiger partial charge on any atom is -0.462 e. The van der Waals surface area contributed by atoms with Gasteiger partial charge in [0.05, 0.1) is 11.9 Å². The lowest BCUT2D eigenvalue weighted by atomic mass is 10.4. The van der Waals surface area contributed by atoms with Crippen LogP contribution in [0, 0.1) is 6.92 Å². The molecule has 2 rings (SSSR count). The number of furan rings is 1. The number of nitrogens with zero attached hydrogens (tertiary/aromatic N) is 2. The number of anilines is 1. The third kappa shape index (κ3) is 2.86. The summed E-state index contributed by atoms with van der Waals surface area (Å²) in [5.41, 5.74) is 0.379. The maximum Gasteiger partial charge on any atom is 0.265 e. The van der Waals surface area contributed by atoms with E-state index < -0.39 is 10.0 Å². The van der Waals surface area contributed by atoms with Crippen LogP contribution in [0.3, 0.4) is 0 Å². The zero-order valence-corrected chi connectivity index (χ0v) is 12.3. The van der Waals surface area contributed by atoms with E-state index in [1.54, 1.807) is 10.9 Å². The van der Waals surface area contributed by atoms with Crippen molar-refractivity contribution in [3.05, 3.63) is 30.0 Å². The number of hydrogen-bond donors (Lipinski definition) is 2. The molecule has 0 atom stereocenters. The smallest absolute Gasteiger partial charge is 0.265 e. The van der Waals surface area contributed by atoms with Crippen molar-refractivity contribution in [2.75, 3.05) is 4.72 Å². The Hall–Kier alpha value is -1.80. The zero-order chi connectivity index (χ0) is 14.9. The first-order valence-corrected chi connectivity index (χ1v) is 7.59. The lowest BCUT2D eigenvalue weighted by Crippen LogP contribution is -2.12. The lowest BCUT2D eigenvalue weighted by Gasteiger charge is -2.05. The van der Waals surface area contributed by atoms with Gasteiger partial charge in [-0.3, -0.25) is 9.40 Å². The largest absolute Gasteiger partial charge is 0.462 e. The first-order valence-electron chi connectivity index (χ1n) is 6.10. The Morgan fingerprint density at radius 2 is 2.20 bits per heavy atom. The van der Waals surface area contributed by atoms with Crippen molar-refractivity contribution in [3.63, 3.8) is 0 Å². The highest BCUT2D eigenvalue weighted by Gasteiger charge is 2.22. The van der Waals surface area contributed by atoms with Gasteiger partial charge >= 0.3 is 0 Å². The van der Waals surface area contributed by atoms with Crippen LogP contribution >= 0.6 is 0 Å². The van der Waals surface area contributed by atoms with Crippen molar-refractivity contribution in [2.24, 2.45) is 0 Å².